The monoisotopic (exact) mass is 201 g/mol. The van der Waals surface area contributed by atoms with E-state index in [-0.39, 0.29) is 13.3 Å². The Balaban J connectivity index is -0.0000000883. The highest BCUT2D eigenvalue weighted by Crippen LogP contribution is 1.81. The Hall–Kier alpha value is -0.920. The molecule has 0 saturated carbocycles. The Morgan fingerprint density at radius 3 is 1.64 bits per heavy atom. The molecule has 2 heteroatoms. The predicted octanol–water partition coefficient (Wildman–Crippen LogP) is 4.26. The summed E-state index contributed by atoms with van der Waals surface area (Å²) in [6, 6.07) is 0. The summed E-state index contributed by atoms with van der Waals surface area (Å²) in [5, 5.41) is 0. The molecule has 0 atom stereocenters. The lowest BCUT2D eigenvalue weighted by atomic mass is 10.4. The maximum atomic E-state index is 10.3. The Labute approximate surface area is 90.1 Å². The van der Waals surface area contributed by atoms with Gasteiger partial charge in [0, 0.05) is 12.6 Å². The van der Waals surface area contributed by atoms with Crippen molar-refractivity contribution >= 4 is 11.6 Å². The number of hydrogen-bond acceptors (Lipinski definition) is 1. The first kappa shape index (κ1) is 23.2. The zero-order chi connectivity index (χ0) is 11.3. The van der Waals surface area contributed by atoms with Crippen molar-refractivity contribution in [3.05, 3.63) is 12.2 Å². The summed E-state index contributed by atoms with van der Waals surface area (Å²) < 4.78 is 0. The Morgan fingerprint density at radius 2 is 1.43 bits per heavy atom. The van der Waals surface area contributed by atoms with Crippen molar-refractivity contribution in [2.45, 2.75) is 55.9 Å². The van der Waals surface area contributed by atoms with Gasteiger partial charge in [-0.15, -0.1) is 0 Å². The number of nitrogens with zero attached hydrogens (tertiary/aromatic N) is 1. The lowest BCUT2D eigenvalue weighted by molar-refractivity contribution is -0.115. The van der Waals surface area contributed by atoms with E-state index in [4.69, 9.17) is 0 Å². The molecule has 0 N–H and O–H groups in total. The van der Waals surface area contributed by atoms with Gasteiger partial charge in [-0.1, -0.05) is 41.2 Å². The van der Waals surface area contributed by atoms with Gasteiger partial charge in [-0.05, 0) is 19.9 Å². The standard InChI is InChI=1S/C7H11NO.2C2H6.CH4/c1-4-5-6(2)8-7(3)9;2*1-2;/h4-5H,1-3H3;2*1-2H3;1H4/b5-4-,8-6?;;;. The van der Waals surface area contributed by atoms with Gasteiger partial charge in [0.15, 0.2) is 0 Å². The molecule has 0 aliphatic heterocycles. The molecule has 86 valence electrons. The molecule has 0 spiro atoms. The van der Waals surface area contributed by atoms with Crippen molar-refractivity contribution in [3.63, 3.8) is 0 Å². The van der Waals surface area contributed by atoms with E-state index in [1.54, 1.807) is 13.0 Å². The molecule has 0 radical (unpaired) electrons. The van der Waals surface area contributed by atoms with Gasteiger partial charge in [-0.3, -0.25) is 4.79 Å². The fraction of sp³-hybridized carbons (Fsp3) is 0.667. The molecular formula is C12H27NO. The van der Waals surface area contributed by atoms with Crippen LogP contribution in [0, 0.1) is 0 Å². The van der Waals surface area contributed by atoms with Gasteiger partial charge in [0.1, 0.15) is 0 Å². The highest BCUT2D eigenvalue weighted by Gasteiger charge is 1.84. The van der Waals surface area contributed by atoms with Crippen LogP contribution in [0.3, 0.4) is 0 Å². The van der Waals surface area contributed by atoms with Crippen molar-refractivity contribution in [2.24, 2.45) is 4.99 Å². The molecule has 0 aliphatic rings. The number of hydrogen-bond donors (Lipinski definition) is 0. The third-order valence-corrected chi connectivity index (χ3v) is 0.742. The topological polar surface area (TPSA) is 29.4 Å². The molecule has 0 saturated heterocycles. The van der Waals surface area contributed by atoms with Crippen LogP contribution in [0.4, 0.5) is 0 Å². The van der Waals surface area contributed by atoms with Crippen LogP contribution in [-0.4, -0.2) is 11.6 Å². The van der Waals surface area contributed by atoms with Crippen LogP contribution >= 0.6 is 0 Å². The number of allylic oxidation sites excluding steroid dienone is 2. The second-order valence-corrected chi connectivity index (χ2v) is 1.77. The number of carbonyl (C=O) groups excluding carboxylic acids is 1. The summed E-state index contributed by atoms with van der Waals surface area (Å²) in [6.07, 6.45) is 3.64. The second-order valence-electron chi connectivity index (χ2n) is 1.77. The molecule has 0 bridgehead atoms. The summed E-state index contributed by atoms with van der Waals surface area (Å²) in [7, 11) is 0. The number of rotatable bonds is 1. The molecule has 1 amide bonds. The van der Waals surface area contributed by atoms with Crippen molar-refractivity contribution in [3.8, 4) is 0 Å². The van der Waals surface area contributed by atoms with Crippen molar-refractivity contribution in [1.82, 2.24) is 0 Å². The molecule has 2 nitrogen and oxygen atoms in total. The fourth-order valence-electron chi connectivity index (χ4n) is 0.527. The lowest BCUT2D eigenvalue weighted by Gasteiger charge is -1.84. The van der Waals surface area contributed by atoms with E-state index in [0.717, 1.165) is 5.71 Å². The Kier molecular flexibility index (Phi) is 37.6. The quantitative estimate of drug-likeness (QED) is 0.583. The van der Waals surface area contributed by atoms with E-state index in [1.807, 2.05) is 40.7 Å². The van der Waals surface area contributed by atoms with E-state index >= 15 is 0 Å². The van der Waals surface area contributed by atoms with Crippen molar-refractivity contribution in [1.29, 1.82) is 0 Å². The summed E-state index contributed by atoms with van der Waals surface area (Å²) in [5.74, 6) is -0.148. The smallest absolute Gasteiger partial charge is 0.242 e. The van der Waals surface area contributed by atoms with Gasteiger partial charge < -0.3 is 0 Å². The second kappa shape index (κ2) is 22.7. The van der Waals surface area contributed by atoms with Gasteiger partial charge in [0.05, 0.1) is 0 Å². The summed E-state index contributed by atoms with van der Waals surface area (Å²) in [5.41, 5.74) is 0.755. The third kappa shape index (κ3) is 30.5. The van der Waals surface area contributed by atoms with Gasteiger partial charge in [-0.2, -0.15) is 0 Å². The summed E-state index contributed by atoms with van der Waals surface area (Å²) in [6.45, 7) is 13.1. The van der Waals surface area contributed by atoms with Crippen LogP contribution in [0.2, 0.25) is 0 Å². The van der Waals surface area contributed by atoms with Crippen LogP contribution in [0.1, 0.15) is 55.9 Å². The fourth-order valence-corrected chi connectivity index (χ4v) is 0.527. The molecule has 0 heterocycles. The normalized spacial score (nSPS) is 8.93. The molecule has 0 aromatic rings. The summed E-state index contributed by atoms with van der Waals surface area (Å²) in [4.78, 5) is 14.0. The average Bonchev–Trinajstić information content (AvgIpc) is 2.10. The van der Waals surface area contributed by atoms with Crippen LogP contribution in [0.25, 0.3) is 0 Å². The van der Waals surface area contributed by atoms with Crippen LogP contribution in [0.15, 0.2) is 17.1 Å². The van der Waals surface area contributed by atoms with Crippen molar-refractivity contribution in [2.75, 3.05) is 0 Å². The van der Waals surface area contributed by atoms with Gasteiger partial charge in [0.2, 0.25) is 5.91 Å². The van der Waals surface area contributed by atoms with Crippen molar-refractivity contribution < 1.29 is 4.79 Å². The minimum atomic E-state index is -0.148. The first-order chi connectivity index (χ1) is 6.16. The largest absolute Gasteiger partial charge is 0.273 e. The number of aliphatic imine (C=N–C) groups is 1. The van der Waals surface area contributed by atoms with E-state index in [9.17, 15) is 4.79 Å². The molecule has 0 rings (SSSR count). The van der Waals surface area contributed by atoms with E-state index in [2.05, 4.69) is 4.99 Å². The van der Waals surface area contributed by atoms with E-state index in [0.29, 0.717) is 0 Å². The number of carbonyl (C=O) groups is 1. The molecule has 0 unspecified atom stereocenters. The van der Waals surface area contributed by atoms with Crippen LogP contribution in [0.5, 0.6) is 0 Å². The molecule has 0 aromatic carbocycles. The molecular weight excluding hydrogens is 174 g/mol. The van der Waals surface area contributed by atoms with E-state index < -0.39 is 0 Å². The minimum Gasteiger partial charge on any atom is -0.273 e. The number of amides is 1. The first-order valence-electron chi connectivity index (χ1n) is 4.85. The Morgan fingerprint density at radius 1 is 1.07 bits per heavy atom. The molecule has 0 fully saturated rings. The van der Waals surface area contributed by atoms with Gasteiger partial charge in [0.25, 0.3) is 0 Å². The average molecular weight is 201 g/mol. The SMILES string of the molecule is C.C/C=C\C(C)=NC(C)=O.CC.CC. The minimum absolute atomic E-state index is 0. The highest BCUT2D eigenvalue weighted by molar-refractivity contribution is 6.00. The molecule has 0 aliphatic carbocycles. The van der Waals surface area contributed by atoms with Crippen LogP contribution in [-0.2, 0) is 4.79 Å². The summed E-state index contributed by atoms with van der Waals surface area (Å²) >= 11 is 0. The predicted molar refractivity (Wildman–Crippen MR) is 68.0 cm³/mol. The van der Waals surface area contributed by atoms with E-state index in [1.165, 1.54) is 6.92 Å². The zero-order valence-corrected chi connectivity index (χ0v) is 10.0. The lowest BCUT2D eigenvalue weighted by Crippen LogP contribution is -1.90. The van der Waals surface area contributed by atoms with Crippen LogP contribution < -0.4 is 0 Å². The van der Waals surface area contributed by atoms with Gasteiger partial charge >= 0.3 is 0 Å². The van der Waals surface area contributed by atoms with Gasteiger partial charge in [-0.25, -0.2) is 4.99 Å². The first-order valence-corrected chi connectivity index (χ1v) is 4.85. The Bertz CT molecular complexity index is 158. The zero-order valence-electron chi connectivity index (χ0n) is 10.0. The third-order valence-electron chi connectivity index (χ3n) is 0.742. The molecule has 14 heavy (non-hydrogen) atoms. The maximum absolute atomic E-state index is 10.3. The maximum Gasteiger partial charge on any atom is 0.242 e. The molecule has 0 aromatic heterocycles. The highest BCUT2D eigenvalue weighted by atomic mass is 16.1.